The third-order valence-electron chi connectivity index (χ3n) is 3.58. The summed E-state index contributed by atoms with van der Waals surface area (Å²) in [6, 6.07) is 4.88. The van der Waals surface area contributed by atoms with Crippen LogP contribution in [0.1, 0.15) is 32.4 Å². The van der Waals surface area contributed by atoms with Gasteiger partial charge in [-0.15, -0.1) is 0 Å². The summed E-state index contributed by atoms with van der Waals surface area (Å²) in [5, 5.41) is 0. The van der Waals surface area contributed by atoms with E-state index >= 15 is 0 Å². The minimum Gasteiger partial charge on any atom is -0.370 e. The molecule has 0 aliphatic carbocycles. The number of nitrogens with zero attached hydrogens (tertiary/aromatic N) is 1. The summed E-state index contributed by atoms with van der Waals surface area (Å²) in [5.41, 5.74) is 6.33. The van der Waals surface area contributed by atoms with Crippen LogP contribution in [0.4, 0.5) is 4.39 Å². The number of benzene rings is 1. The molecule has 5 heteroatoms. The Labute approximate surface area is 128 Å². The van der Waals surface area contributed by atoms with Crippen molar-refractivity contribution < 1.29 is 9.13 Å². The van der Waals surface area contributed by atoms with Gasteiger partial charge in [-0.25, -0.2) is 4.39 Å². The van der Waals surface area contributed by atoms with Crippen molar-refractivity contribution in [2.24, 2.45) is 5.73 Å². The van der Waals surface area contributed by atoms with Crippen LogP contribution in [0.3, 0.4) is 0 Å². The first-order chi connectivity index (χ1) is 9.32. The smallest absolute Gasteiger partial charge is 0.128 e. The zero-order valence-electron chi connectivity index (χ0n) is 12.2. The van der Waals surface area contributed by atoms with Crippen molar-refractivity contribution in [1.82, 2.24) is 4.90 Å². The second-order valence-electron chi connectivity index (χ2n) is 6.03. The van der Waals surface area contributed by atoms with Gasteiger partial charge < -0.3 is 10.5 Å². The highest BCUT2D eigenvalue weighted by Gasteiger charge is 2.35. The van der Waals surface area contributed by atoms with Gasteiger partial charge >= 0.3 is 0 Å². The molecule has 1 heterocycles. The fourth-order valence-electron chi connectivity index (χ4n) is 2.98. The summed E-state index contributed by atoms with van der Waals surface area (Å²) in [7, 11) is 0. The van der Waals surface area contributed by atoms with Crippen molar-refractivity contribution in [3.8, 4) is 0 Å². The third kappa shape index (κ3) is 3.58. The van der Waals surface area contributed by atoms with Crippen molar-refractivity contribution in [1.29, 1.82) is 0 Å². The number of morpholine rings is 1. The molecule has 1 aliphatic heterocycles. The van der Waals surface area contributed by atoms with Crippen LogP contribution in [0.15, 0.2) is 22.7 Å². The van der Waals surface area contributed by atoms with Crippen LogP contribution in [-0.4, -0.2) is 36.2 Å². The molecule has 2 rings (SSSR count). The van der Waals surface area contributed by atoms with Crippen molar-refractivity contribution in [2.45, 2.75) is 38.5 Å². The Kier molecular flexibility index (Phi) is 4.84. The van der Waals surface area contributed by atoms with Gasteiger partial charge in [-0.3, -0.25) is 4.90 Å². The highest BCUT2D eigenvalue weighted by Crippen LogP contribution is 2.31. The maximum Gasteiger partial charge on any atom is 0.128 e. The van der Waals surface area contributed by atoms with Crippen LogP contribution in [-0.2, 0) is 4.74 Å². The monoisotopic (exact) mass is 344 g/mol. The standard InChI is InChI=1S/C15H22BrFN2O/c1-10-8-19(9-15(2,3)20-10)14(7-18)12-6-11(16)4-5-13(12)17/h4-6,10,14H,7-9,18H2,1-3H3. The van der Waals surface area contributed by atoms with E-state index in [4.69, 9.17) is 10.5 Å². The van der Waals surface area contributed by atoms with E-state index in [1.54, 1.807) is 6.07 Å². The zero-order chi connectivity index (χ0) is 14.9. The second kappa shape index (κ2) is 6.10. The van der Waals surface area contributed by atoms with E-state index in [0.29, 0.717) is 12.1 Å². The normalized spacial score (nSPS) is 24.6. The van der Waals surface area contributed by atoms with Gasteiger partial charge in [-0.2, -0.15) is 0 Å². The molecule has 1 aromatic rings. The van der Waals surface area contributed by atoms with Gasteiger partial charge in [0, 0.05) is 29.7 Å². The summed E-state index contributed by atoms with van der Waals surface area (Å²) in [6.07, 6.45) is 0.114. The van der Waals surface area contributed by atoms with Gasteiger partial charge in [0.05, 0.1) is 17.7 Å². The average molecular weight is 345 g/mol. The molecule has 2 N–H and O–H groups in total. The minimum absolute atomic E-state index is 0.114. The molecule has 20 heavy (non-hydrogen) atoms. The van der Waals surface area contributed by atoms with Crippen LogP contribution in [0.2, 0.25) is 0 Å². The molecule has 0 amide bonds. The van der Waals surface area contributed by atoms with Crippen LogP contribution in [0, 0.1) is 5.82 Å². The van der Waals surface area contributed by atoms with Crippen LogP contribution < -0.4 is 5.73 Å². The number of ether oxygens (including phenoxy) is 1. The molecule has 0 spiro atoms. The lowest BCUT2D eigenvalue weighted by Crippen LogP contribution is -2.54. The molecule has 0 bridgehead atoms. The summed E-state index contributed by atoms with van der Waals surface area (Å²) >= 11 is 3.40. The second-order valence-corrected chi connectivity index (χ2v) is 6.95. The highest BCUT2D eigenvalue weighted by atomic mass is 79.9. The number of hydrogen-bond acceptors (Lipinski definition) is 3. The van der Waals surface area contributed by atoms with Crippen LogP contribution >= 0.6 is 15.9 Å². The molecular weight excluding hydrogens is 323 g/mol. The van der Waals surface area contributed by atoms with E-state index in [-0.39, 0.29) is 23.6 Å². The summed E-state index contributed by atoms with van der Waals surface area (Å²) in [6.45, 7) is 8.04. The molecule has 0 aromatic heterocycles. The molecule has 3 nitrogen and oxygen atoms in total. The molecular formula is C15H22BrFN2O. The molecule has 1 aromatic carbocycles. The van der Waals surface area contributed by atoms with Crippen molar-refractivity contribution >= 4 is 15.9 Å². The van der Waals surface area contributed by atoms with E-state index in [0.717, 1.165) is 17.6 Å². The highest BCUT2D eigenvalue weighted by molar-refractivity contribution is 9.10. The van der Waals surface area contributed by atoms with E-state index in [1.807, 2.05) is 13.0 Å². The quantitative estimate of drug-likeness (QED) is 0.915. The van der Waals surface area contributed by atoms with Gasteiger partial charge in [-0.05, 0) is 39.0 Å². The largest absolute Gasteiger partial charge is 0.370 e. The molecule has 112 valence electrons. The minimum atomic E-state index is -0.242. The first-order valence-corrected chi connectivity index (χ1v) is 7.68. The topological polar surface area (TPSA) is 38.5 Å². The molecule has 2 unspecified atom stereocenters. The Morgan fingerprint density at radius 2 is 2.25 bits per heavy atom. The fourth-order valence-corrected chi connectivity index (χ4v) is 3.36. The maximum absolute atomic E-state index is 14.1. The van der Waals surface area contributed by atoms with Gasteiger partial charge in [0.1, 0.15) is 5.82 Å². The fraction of sp³-hybridized carbons (Fsp3) is 0.600. The predicted octanol–water partition coefficient (Wildman–Crippen LogP) is 3.09. The van der Waals surface area contributed by atoms with Crippen LogP contribution in [0.5, 0.6) is 0 Å². The van der Waals surface area contributed by atoms with Gasteiger partial charge in [0.25, 0.3) is 0 Å². The molecule has 1 saturated heterocycles. The lowest BCUT2D eigenvalue weighted by Gasteiger charge is -2.45. The first kappa shape index (κ1) is 15.9. The Bertz CT molecular complexity index is 481. The first-order valence-electron chi connectivity index (χ1n) is 6.89. The molecule has 1 fully saturated rings. The maximum atomic E-state index is 14.1. The van der Waals surface area contributed by atoms with Crippen molar-refractivity contribution in [3.05, 3.63) is 34.1 Å². The van der Waals surface area contributed by atoms with E-state index < -0.39 is 0 Å². The molecule has 0 saturated carbocycles. The Balaban J connectivity index is 2.29. The molecule has 2 atom stereocenters. The van der Waals surface area contributed by atoms with Gasteiger partial charge in [0.2, 0.25) is 0 Å². The summed E-state index contributed by atoms with van der Waals surface area (Å²) < 4.78 is 20.9. The van der Waals surface area contributed by atoms with E-state index in [1.165, 1.54) is 6.07 Å². The van der Waals surface area contributed by atoms with Crippen molar-refractivity contribution in [2.75, 3.05) is 19.6 Å². The average Bonchev–Trinajstić information content (AvgIpc) is 2.32. The number of nitrogens with two attached hydrogens (primary N) is 1. The van der Waals surface area contributed by atoms with E-state index in [9.17, 15) is 4.39 Å². The van der Waals surface area contributed by atoms with Gasteiger partial charge in [-0.1, -0.05) is 15.9 Å². The molecule has 1 aliphatic rings. The summed E-state index contributed by atoms with van der Waals surface area (Å²) in [4.78, 5) is 2.22. The van der Waals surface area contributed by atoms with E-state index in [2.05, 4.69) is 34.7 Å². The Morgan fingerprint density at radius 3 is 2.85 bits per heavy atom. The number of hydrogen-bond donors (Lipinski definition) is 1. The van der Waals surface area contributed by atoms with Crippen LogP contribution in [0.25, 0.3) is 0 Å². The van der Waals surface area contributed by atoms with Gasteiger partial charge in [0.15, 0.2) is 0 Å². The zero-order valence-corrected chi connectivity index (χ0v) is 13.8. The SMILES string of the molecule is CC1CN(C(CN)c2cc(Br)ccc2F)CC(C)(C)O1. The Morgan fingerprint density at radius 1 is 1.55 bits per heavy atom. The third-order valence-corrected chi connectivity index (χ3v) is 4.07. The molecule has 0 radical (unpaired) electrons. The lowest BCUT2D eigenvalue weighted by atomic mass is 9.99. The Hall–Kier alpha value is -0.490. The van der Waals surface area contributed by atoms with Crippen molar-refractivity contribution in [3.63, 3.8) is 0 Å². The predicted molar refractivity (Wildman–Crippen MR) is 82.1 cm³/mol. The summed E-state index contributed by atoms with van der Waals surface area (Å²) in [5.74, 6) is -0.208. The lowest BCUT2D eigenvalue weighted by molar-refractivity contribution is -0.138. The number of rotatable bonds is 3. The number of halogens is 2.